The summed E-state index contributed by atoms with van der Waals surface area (Å²) in [6, 6.07) is -0.750. The number of amides is 3. The Bertz CT molecular complexity index is 305. The standard InChI is InChI=1S/C11H22N4O3/c1-7(2)6-14-9(16)8(3)15-11(18)10(17)13-5-4-12/h7-8H,4-6,12H2,1-3H3,(H,13,17)(H,14,16)(H,15,18). The van der Waals surface area contributed by atoms with Crippen LogP contribution in [0.25, 0.3) is 0 Å². The van der Waals surface area contributed by atoms with Gasteiger partial charge in [-0.3, -0.25) is 14.4 Å². The molecule has 0 radical (unpaired) electrons. The molecule has 7 nitrogen and oxygen atoms in total. The van der Waals surface area contributed by atoms with Gasteiger partial charge in [0.25, 0.3) is 0 Å². The van der Waals surface area contributed by atoms with Gasteiger partial charge in [-0.25, -0.2) is 0 Å². The lowest BCUT2D eigenvalue weighted by Gasteiger charge is -2.14. The first-order valence-corrected chi connectivity index (χ1v) is 5.95. The molecule has 3 amide bonds. The number of nitrogens with two attached hydrogens (primary N) is 1. The van der Waals surface area contributed by atoms with Crippen molar-refractivity contribution in [2.24, 2.45) is 11.7 Å². The Hall–Kier alpha value is -1.63. The van der Waals surface area contributed by atoms with Gasteiger partial charge in [-0.15, -0.1) is 0 Å². The van der Waals surface area contributed by atoms with E-state index >= 15 is 0 Å². The molecule has 5 N–H and O–H groups in total. The molecule has 0 aromatic rings. The van der Waals surface area contributed by atoms with E-state index in [4.69, 9.17) is 5.73 Å². The molecular weight excluding hydrogens is 236 g/mol. The zero-order valence-electron chi connectivity index (χ0n) is 11.1. The average molecular weight is 258 g/mol. The van der Waals surface area contributed by atoms with Crippen LogP contribution in [0, 0.1) is 5.92 Å². The van der Waals surface area contributed by atoms with E-state index in [1.807, 2.05) is 13.8 Å². The molecule has 0 heterocycles. The van der Waals surface area contributed by atoms with Gasteiger partial charge in [0.2, 0.25) is 5.91 Å². The van der Waals surface area contributed by atoms with Crippen molar-refractivity contribution in [1.82, 2.24) is 16.0 Å². The van der Waals surface area contributed by atoms with E-state index in [9.17, 15) is 14.4 Å². The maximum Gasteiger partial charge on any atom is 0.309 e. The molecule has 0 saturated heterocycles. The number of carbonyl (C=O) groups is 3. The summed E-state index contributed by atoms with van der Waals surface area (Å²) in [7, 11) is 0. The minimum Gasteiger partial charge on any atom is -0.354 e. The van der Waals surface area contributed by atoms with E-state index in [0.29, 0.717) is 12.5 Å². The zero-order chi connectivity index (χ0) is 14.1. The van der Waals surface area contributed by atoms with E-state index < -0.39 is 17.9 Å². The fourth-order valence-electron chi connectivity index (χ4n) is 1.05. The molecule has 0 aliphatic heterocycles. The maximum atomic E-state index is 11.5. The maximum absolute atomic E-state index is 11.5. The number of nitrogens with one attached hydrogen (secondary N) is 3. The van der Waals surface area contributed by atoms with Gasteiger partial charge in [0.1, 0.15) is 6.04 Å². The highest BCUT2D eigenvalue weighted by molar-refractivity contribution is 6.35. The lowest BCUT2D eigenvalue weighted by molar-refractivity contribution is -0.140. The van der Waals surface area contributed by atoms with E-state index in [1.165, 1.54) is 6.92 Å². The molecular formula is C11H22N4O3. The molecule has 0 aromatic heterocycles. The quantitative estimate of drug-likeness (QED) is 0.427. The van der Waals surface area contributed by atoms with E-state index in [0.717, 1.165) is 0 Å². The lowest BCUT2D eigenvalue weighted by atomic mass is 10.2. The smallest absolute Gasteiger partial charge is 0.309 e. The zero-order valence-corrected chi connectivity index (χ0v) is 11.1. The minimum absolute atomic E-state index is 0.222. The first kappa shape index (κ1) is 16.4. The largest absolute Gasteiger partial charge is 0.354 e. The molecule has 0 spiro atoms. The molecule has 0 fully saturated rings. The lowest BCUT2D eigenvalue weighted by Crippen LogP contribution is -2.50. The molecule has 7 heteroatoms. The highest BCUT2D eigenvalue weighted by atomic mass is 16.2. The summed E-state index contributed by atoms with van der Waals surface area (Å²) < 4.78 is 0. The molecule has 0 bridgehead atoms. The van der Waals surface area contributed by atoms with Crippen molar-refractivity contribution in [2.75, 3.05) is 19.6 Å². The molecule has 0 rings (SSSR count). The van der Waals surface area contributed by atoms with Crippen LogP contribution in [0.15, 0.2) is 0 Å². The topological polar surface area (TPSA) is 113 Å². The molecule has 18 heavy (non-hydrogen) atoms. The van der Waals surface area contributed by atoms with Crippen LogP contribution in [0.2, 0.25) is 0 Å². The fourth-order valence-corrected chi connectivity index (χ4v) is 1.05. The molecule has 1 unspecified atom stereocenters. The second kappa shape index (κ2) is 8.46. The van der Waals surface area contributed by atoms with Crippen LogP contribution in [0.3, 0.4) is 0 Å². The Morgan fingerprint density at radius 2 is 1.67 bits per heavy atom. The van der Waals surface area contributed by atoms with E-state index in [2.05, 4.69) is 16.0 Å². The molecule has 0 saturated carbocycles. The molecule has 0 aliphatic rings. The van der Waals surface area contributed by atoms with Crippen molar-refractivity contribution >= 4 is 17.7 Å². The summed E-state index contributed by atoms with van der Waals surface area (Å²) >= 11 is 0. The van der Waals surface area contributed by atoms with Gasteiger partial charge < -0.3 is 21.7 Å². The first-order valence-electron chi connectivity index (χ1n) is 5.95. The van der Waals surface area contributed by atoms with E-state index in [1.54, 1.807) is 0 Å². The molecule has 0 aliphatic carbocycles. The summed E-state index contributed by atoms with van der Waals surface area (Å²) in [6.45, 7) is 6.44. The van der Waals surface area contributed by atoms with Gasteiger partial charge >= 0.3 is 11.8 Å². The summed E-state index contributed by atoms with van der Waals surface area (Å²) in [5.74, 6) is -1.62. The van der Waals surface area contributed by atoms with Gasteiger partial charge in [0, 0.05) is 19.6 Å². The van der Waals surface area contributed by atoms with Crippen molar-refractivity contribution < 1.29 is 14.4 Å². The molecule has 0 aromatic carbocycles. The van der Waals surface area contributed by atoms with Gasteiger partial charge in [-0.05, 0) is 12.8 Å². The first-order chi connectivity index (χ1) is 8.38. The van der Waals surface area contributed by atoms with Crippen LogP contribution in [0.4, 0.5) is 0 Å². The van der Waals surface area contributed by atoms with Crippen molar-refractivity contribution in [2.45, 2.75) is 26.8 Å². The Morgan fingerprint density at radius 1 is 1.06 bits per heavy atom. The predicted octanol–water partition coefficient (Wildman–Crippen LogP) is -1.66. The van der Waals surface area contributed by atoms with Crippen molar-refractivity contribution in [1.29, 1.82) is 0 Å². The monoisotopic (exact) mass is 258 g/mol. The number of rotatable bonds is 6. The Balaban J connectivity index is 4.06. The SMILES string of the molecule is CC(C)CNC(=O)C(C)NC(=O)C(=O)NCCN. The van der Waals surface area contributed by atoms with Crippen LogP contribution < -0.4 is 21.7 Å². The third kappa shape index (κ3) is 6.85. The highest BCUT2D eigenvalue weighted by Crippen LogP contribution is 1.89. The van der Waals surface area contributed by atoms with Crippen molar-refractivity contribution in [3.8, 4) is 0 Å². The fraction of sp³-hybridized carbons (Fsp3) is 0.727. The number of hydrogen-bond donors (Lipinski definition) is 4. The average Bonchev–Trinajstić information content (AvgIpc) is 2.32. The van der Waals surface area contributed by atoms with Crippen LogP contribution in [0.1, 0.15) is 20.8 Å². The summed E-state index contributed by atoms with van der Waals surface area (Å²) in [5, 5.41) is 7.29. The Morgan fingerprint density at radius 3 is 2.17 bits per heavy atom. The summed E-state index contributed by atoms with van der Waals surface area (Å²) in [4.78, 5) is 34.1. The summed E-state index contributed by atoms with van der Waals surface area (Å²) in [6.07, 6.45) is 0. The second-order valence-electron chi connectivity index (χ2n) is 4.38. The minimum atomic E-state index is -0.837. The van der Waals surface area contributed by atoms with E-state index in [-0.39, 0.29) is 19.0 Å². The predicted molar refractivity (Wildman–Crippen MR) is 67.5 cm³/mol. The third-order valence-electron chi connectivity index (χ3n) is 2.06. The van der Waals surface area contributed by atoms with Gasteiger partial charge in [-0.2, -0.15) is 0 Å². The Kier molecular flexibility index (Phi) is 7.69. The second-order valence-corrected chi connectivity index (χ2v) is 4.38. The van der Waals surface area contributed by atoms with Gasteiger partial charge in [-0.1, -0.05) is 13.8 Å². The highest BCUT2D eigenvalue weighted by Gasteiger charge is 2.19. The van der Waals surface area contributed by atoms with Gasteiger partial charge in [0.15, 0.2) is 0 Å². The van der Waals surface area contributed by atoms with Crippen LogP contribution in [-0.2, 0) is 14.4 Å². The van der Waals surface area contributed by atoms with Crippen LogP contribution >= 0.6 is 0 Å². The van der Waals surface area contributed by atoms with Crippen molar-refractivity contribution in [3.05, 3.63) is 0 Å². The molecule has 1 atom stereocenters. The Labute approximate surface area is 107 Å². The van der Waals surface area contributed by atoms with Crippen LogP contribution in [-0.4, -0.2) is 43.4 Å². The van der Waals surface area contributed by atoms with Gasteiger partial charge in [0.05, 0.1) is 0 Å². The normalized spacial score (nSPS) is 11.8. The summed E-state index contributed by atoms with van der Waals surface area (Å²) in [5.41, 5.74) is 5.18. The van der Waals surface area contributed by atoms with Crippen molar-refractivity contribution in [3.63, 3.8) is 0 Å². The van der Waals surface area contributed by atoms with Crippen LogP contribution in [0.5, 0.6) is 0 Å². The number of carbonyl (C=O) groups excluding carboxylic acids is 3. The number of hydrogen-bond acceptors (Lipinski definition) is 4. The third-order valence-corrected chi connectivity index (χ3v) is 2.06. The molecule has 104 valence electrons.